The van der Waals surface area contributed by atoms with Gasteiger partial charge in [0.2, 0.25) is 0 Å². The molecule has 3 heteroatoms. The van der Waals surface area contributed by atoms with Crippen LogP contribution in [0.25, 0.3) is 20.4 Å². The number of unbranched alkanes of at least 4 members (excludes halogenated alkanes) is 16. The van der Waals surface area contributed by atoms with Gasteiger partial charge >= 0.3 is 0 Å². The molecule has 0 aliphatic carbocycles. The minimum Gasteiger partial charge on any atom is -0.339 e. The minimum atomic E-state index is 0.836. The molecule has 0 fully saturated rings. The molecule has 0 amide bonds. The zero-order chi connectivity index (χ0) is 24.6. The summed E-state index contributed by atoms with van der Waals surface area (Å²) in [7, 11) is 0. The molecule has 198 valence electrons. The van der Waals surface area contributed by atoms with Crippen molar-refractivity contribution in [2.24, 2.45) is 5.92 Å². The molecule has 0 aliphatic heterocycles. The van der Waals surface area contributed by atoms with Crippen molar-refractivity contribution in [2.75, 3.05) is 0 Å². The normalized spacial score (nSPS) is 12.9. The van der Waals surface area contributed by atoms with E-state index in [-0.39, 0.29) is 0 Å². The summed E-state index contributed by atoms with van der Waals surface area (Å²) < 4.78 is 5.70. The molecule has 0 saturated heterocycles. The summed E-state index contributed by atoms with van der Waals surface area (Å²) in [6.07, 6.45) is 28.7. The zero-order valence-corrected chi connectivity index (χ0v) is 24.6. The molecule has 0 radical (unpaired) electrons. The van der Waals surface area contributed by atoms with E-state index in [9.17, 15) is 0 Å². The Morgan fingerprint density at radius 1 is 0.543 bits per heavy atom. The fourth-order valence-electron chi connectivity index (χ4n) is 5.77. The van der Waals surface area contributed by atoms with E-state index in [0.29, 0.717) is 0 Å². The van der Waals surface area contributed by atoms with Gasteiger partial charge in [0, 0.05) is 6.54 Å². The van der Waals surface area contributed by atoms with Crippen molar-refractivity contribution in [3.8, 4) is 0 Å². The Labute approximate surface area is 224 Å². The molecule has 1 unspecified atom stereocenters. The third kappa shape index (κ3) is 9.88. The molecule has 1 atom stereocenters. The maximum atomic E-state index is 2.67. The topological polar surface area (TPSA) is 4.93 Å². The van der Waals surface area contributed by atoms with Crippen molar-refractivity contribution in [1.29, 1.82) is 0 Å². The second-order valence-electron chi connectivity index (χ2n) is 11.0. The van der Waals surface area contributed by atoms with Crippen molar-refractivity contribution in [2.45, 2.75) is 149 Å². The SMILES string of the molecule is CCCCCCCCCCCCC(CCCCCCCCCC)Cn1c2ccsc2c2sccc21. The molecule has 3 aromatic rings. The lowest BCUT2D eigenvalue weighted by atomic mass is 9.93. The van der Waals surface area contributed by atoms with E-state index >= 15 is 0 Å². The highest BCUT2D eigenvalue weighted by Gasteiger charge is 2.17. The molecule has 0 bridgehead atoms. The lowest BCUT2D eigenvalue weighted by molar-refractivity contribution is 0.364. The molecule has 1 nitrogen and oxygen atoms in total. The van der Waals surface area contributed by atoms with Crippen LogP contribution >= 0.6 is 22.7 Å². The first-order valence-corrected chi connectivity index (χ1v) is 17.0. The van der Waals surface area contributed by atoms with Crippen LogP contribution < -0.4 is 0 Å². The highest BCUT2D eigenvalue weighted by Crippen LogP contribution is 2.37. The van der Waals surface area contributed by atoms with Crippen molar-refractivity contribution >= 4 is 43.1 Å². The molecule has 0 N–H and O–H groups in total. The lowest BCUT2D eigenvalue weighted by Gasteiger charge is -2.19. The fraction of sp³-hybridized carbons (Fsp3) is 0.750. The lowest BCUT2D eigenvalue weighted by Crippen LogP contribution is -2.11. The molecule has 3 aromatic heterocycles. The summed E-state index contributed by atoms with van der Waals surface area (Å²) in [6, 6.07) is 4.72. The number of fused-ring (bicyclic) bond motifs is 3. The highest BCUT2D eigenvalue weighted by atomic mass is 32.1. The van der Waals surface area contributed by atoms with Gasteiger partial charge in [-0.05, 0) is 41.7 Å². The Balaban J connectivity index is 1.42. The summed E-state index contributed by atoms with van der Waals surface area (Å²) in [6.45, 7) is 5.85. The molecule has 0 aliphatic rings. The number of hydrogen-bond donors (Lipinski definition) is 0. The van der Waals surface area contributed by atoms with E-state index in [1.54, 1.807) is 0 Å². The standard InChI is InChI=1S/C32H53NS2/c1-3-5-7-9-11-13-14-16-18-20-22-28(21-19-17-15-12-10-8-6-4-2)27-33-29-23-25-34-31(29)32-30(33)24-26-35-32/h23-26,28H,3-22,27H2,1-2H3. The van der Waals surface area contributed by atoms with Gasteiger partial charge in [0.25, 0.3) is 0 Å². The number of thiophene rings is 2. The molecule has 0 aromatic carbocycles. The number of aromatic nitrogens is 1. The number of hydrogen-bond acceptors (Lipinski definition) is 2. The molecular formula is C32H53NS2. The van der Waals surface area contributed by atoms with Gasteiger partial charge in [-0.2, -0.15) is 0 Å². The molecular weight excluding hydrogens is 462 g/mol. The predicted octanol–water partition coefficient (Wildman–Crippen LogP) is 12.4. The van der Waals surface area contributed by atoms with Gasteiger partial charge in [0.1, 0.15) is 0 Å². The van der Waals surface area contributed by atoms with Crippen molar-refractivity contribution < 1.29 is 0 Å². The van der Waals surface area contributed by atoms with Crippen LogP contribution in [0.2, 0.25) is 0 Å². The van der Waals surface area contributed by atoms with E-state index in [1.165, 1.54) is 155 Å². The molecule has 35 heavy (non-hydrogen) atoms. The molecule has 3 heterocycles. The van der Waals surface area contributed by atoms with Crippen LogP contribution in [0.15, 0.2) is 22.9 Å². The van der Waals surface area contributed by atoms with Gasteiger partial charge < -0.3 is 4.57 Å². The van der Waals surface area contributed by atoms with Crippen LogP contribution in [0, 0.1) is 5.92 Å². The molecule has 0 spiro atoms. The second-order valence-corrected chi connectivity index (χ2v) is 12.8. The largest absolute Gasteiger partial charge is 0.339 e. The Morgan fingerprint density at radius 2 is 0.914 bits per heavy atom. The van der Waals surface area contributed by atoms with Crippen LogP contribution in [-0.2, 0) is 6.54 Å². The monoisotopic (exact) mass is 515 g/mol. The second kappa shape index (κ2) is 17.6. The quantitative estimate of drug-likeness (QED) is 0.117. The average molecular weight is 516 g/mol. The summed E-state index contributed by atoms with van der Waals surface area (Å²) in [5.41, 5.74) is 2.97. The van der Waals surface area contributed by atoms with Crippen LogP contribution in [0.4, 0.5) is 0 Å². The summed E-state index contributed by atoms with van der Waals surface area (Å²) in [4.78, 5) is 0. The Hall–Kier alpha value is -0.800. The van der Waals surface area contributed by atoms with Gasteiger partial charge in [-0.25, -0.2) is 0 Å². The maximum absolute atomic E-state index is 2.67. The van der Waals surface area contributed by atoms with E-state index in [4.69, 9.17) is 0 Å². The Morgan fingerprint density at radius 3 is 1.31 bits per heavy atom. The van der Waals surface area contributed by atoms with Gasteiger partial charge in [0.05, 0.1) is 20.4 Å². The highest BCUT2D eigenvalue weighted by molar-refractivity contribution is 7.25. The fourth-order valence-corrected chi connectivity index (χ4v) is 7.74. The zero-order valence-electron chi connectivity index (χ0n) is 23.0. The van der Waals surface area contributed by atoms with E-state index in [2.05, 4.69) is 41.3 Å². The van der Waals surface area contributed by atoms with Crippen LogP contribution in [0.5, 0.6) is 0 Å². The van der Waals surface area contributed by atoms with Gasteiger partial charge in [0.15, 0.2) is 0 Å². The minimum absolute atomic E-state index is 0.836. The van der Waals surface area contributed by atoms with Gasteiger partial charge in [-0.1, -0.05) is 129 Å². The number of nitrogens with zero attached hydrogens (tertiary/aromatic N) is 1. The van der Waals surface area contributed by atoms with Gasteiger partial charge in [-0.3, -0.25) is 0 Å². The average Bonchev–Trinajstić information content (AvgIpc) is 3.58. The maximum Gasteiger partial charge on any atom is 0.0700 e. The first kappa shape index (κ1) is 28.8. The first-order chi connectivity index (χ1) is 17.3. The van der Waals surface area contributed by atoms with Crippen LogP contribution in [0.1, 0.15) is 142 Å². The predicted molar refractivity (Wildman–Crippen MR) is 162 cm³/mol. The van der Waals surface area contributed by atoms with E-state index < -0.39 is 0 Å². The summed E-state index contributed by atoms with van der Waals surface area (Å²) in [5.74, 6) is 0.836. The molecule has 3 rings (SSSR count). The third-order valence-electron chi connectivity index (χ3n) is 7.95. The van der Waals surface area contributed by atoms with Crippen molar-refractivity contribution in [3.05, 3.63) is 22.9 Å². The first-order valence-electron chi connectivity index (χ1n) is 15.3. The van der Waals surface area contributed by atoms with Crippen LogP contribution in [0.3, 0.4) is 0 Å². The summed E-state index contributed by atoms with van der Waals surface area (Å²) in [5, 5.41) is 4.58. The number of rotatable bonds is 22. The Kier molecular flexibility index (Phi) is 14.5. The van der Waals surface area contributed by atoms with Gasteiger partial charge in [-0.15, -0.1) is 22.7 Å². The van der Waals surface area contributed by atoms with E-state index in [1.807, 2.05) is 22.7 Å². The molecule has 0 saturated carbocycles. The van der Waals surface area contributed by atoms with Crippen molar-refractivity contribution in [1.82, 2.24) is 4.57 Å². The van der Waals surface area contributed by atoms with Crippen LogP contribution in [-0.4, -0.2) is 4.57 Å². The van der Waals surface area contributed by atoms with Crippen molar-refractivity contribution in [3.63, 3.8) is 0 Å². The Bertz CT molecular complexity index is 853. The van der Waals surface area contributed by atoms with E-state index in [0.717, 1.165) is 5.92 Å². The summed E-state index contributed by atoms with van der Waals surface area (Å²) >= 11 is 3.85. The smallest absolute Gasteiger partial charge is 0.0700 e. The third-order valence-corrected chi connectivity index (χ3v) is 9.92.